The lowest BCUT2D eigenvalue weighted by Gasteiger charge is -2.30. The lowest BCUT2D eigenvalue weighted by Crippen LogP contribution is -2.26. The molecule has 1 aromatic carbocycles. The number of nitrogens with zero attached hydrogens (tertiary/aromatic N) is 2. The highest BCUT2D eigenvalue weighted by molar-refractivity contribution is 5.61. The van der Waals surface area contributed by atoms with E-state index in [1.807, 2.05) is 0 Å². The molecule has 0 saturated heterocycles. The second kappa shape index (κ2) is 5.02. The maximum atomic E-state index is 9.88. The SMILES string of the molecule is CN1CCCc2cc3c(cc21)C(N(C)O)CCCO3. The molecule has 2 aliphatic rings. The number of rotatable bonds is 1. The van der Waals surface area contributed by atoms with Gasteiger partial charge in [0.25, 0.3) is 0 Å². The minimum absolute atomic E-state index is 0.0399. The number of hydrogen-bond donors (Lipinski definition) is 1. The van der Waals surface area contributed by atoms with Crippen molar-refractivity contribution in [3.8, 4) is 5.75 Å². The largest absolute Gasteiger partial charge is 0.493 e. The van der Waals surface area contributed by atoms with E-state index in [0.717, 1.165) is 43.7 Å². The van der Waals surface area contributed by atoms with Gasteiger partial charge >= 0.3 is 0 Å². The highest BCUT2D eigenvalue weighted by Crippen LogP contribution is 2.40. The fraction of sp³-hybridized carbons (Fsp3) is 0.600. The number of aryl methyl sites for hydroxylation is 1. The summed E-state index contributed by atoms with van der Waals surface area (Å²) in [5.74, 6) is 0.956. The Morgan fingerprint density at radius 2 is 2.21 bits per heavy atom. The van der Waals surface area contributed by atoms with E-state index >= 15 is 0 Å². The highest BCUT2D eigenvalue weighted by atomic mass is 16.5. The topological polar surface area (TPSA) is 35.9 Å². The van der Waals surface area contributed by atoms with Gasteiger partial charge in [-0.15, -0.1) is 0 Å². The lowest BCUT2D eigenvalue weighted by molar-refractivity contribution is -0.106. The summed E-state index contributed by atoms with van der Waals surface area (Å²) in [6.07, 6.45) is 4.23. The highest BCUT2D eigenvalue weighted by Gasteiger charge is 2.26. The van der Waals surface area contributed by atoms with Crippen LogP contribution in [0.2, 0.25) is 0 Å². The van der Waals surface area contributed by atoms with Crippen LogP contribution in [0.25, 0.3) is 0 Å². The molecule has 0 spiro atoms. The third-order valence-corrected chi connectivity index (χ3v) is 4.25. The van der Waals surface area contributed by atoms with Crippen LogP contribution in [-0.4, -0.2) is 37.5 Å². The molecule has 0 saturated carbocycles. The summed E-state index contributed by atoms with van der Waals surface area (Å²) in [5, 5.41) is 11.2. The van der Waals surface area contributed by atoms with Gasteiger partial charge in [0.1, 0.15) is 5.75 Å². The monoisotopic (exact) mass is 262 g/mol. The summed E-state index contributed by atoms with van der Waals surface area (Å²) in [6.45, 7) is 1.85. The van der Waals surface area contributed by atoms with Gasteiger partial charge in [-0.2, -0.15) is 5.06 Å². The van der Waals surface area contributed by atoms with Crippen LogP contribution in [0.1, 0.15) is 36.4 Å². The van der Waals surface area contributed by atoms with Gasteiger partial charge in [0.2, 0.25) is 0 Å². The van der Waals surface area contributed by atoms with Crippen molar-refractivity contribution in [2.24, 2.45) is 0 Å². The minimum atomic E-state index is 0.0399. The van der Waals surface area contributed by atoms with E-state index < -0.39 is 0 Å². The maximum Gasteiger partial charge on any atom is 0.124 e. The summed E-state index contributed by atoms with van der Waals surface area (Å²) in [6, 6.07) is 4.44. The smallest absolute Gasteiger partial charge is 0.124 e. The molecule has 0 fully saturated rings. The predicted octanol–water partition coefficient (Wildman–Crippen LogP) is 2.60. The summed E-state index contributed by atoms with van der Waals surface area (Å²) >= 11 is 0. The Bertz CT molecular complexity index is 473. The van der Waals surface area contributed by atoms with Crippen LogP contribution in [0, 0.1) is 0 Å². The van der Waals surface area contributed by atoms with Crippen LogP contribution >= 0.6 is 0 Å². The van der Waals surface area contributed by atoms with Crippen molar-refractivity contribution in [3.63, 3.8) is 0 Å². The molecule has 1 unspecified atom stereocenters. The Morgan fingerprint density at radius 1 is 1.37 bits per heavy atom. The lowest BCUT2D eigenvalue weighted by atomic mass is 9.95. The molecule has 104 valence electrons. The van der Waals surface area contributed by atoms with Crippen molar-refractivity contribution in [2.75, 3.05) is 32.1 Å². The van der Waals surface area contributed by atoms with Gasteiger partial charge in [0.15, 0.2) is 0 Å². The molecule has 1 atom stereocenters. The first-order valence-corrected chi connectivity index (χ1v) is 7.09. The summed E-state index contributed by atoms with van der Waals surface area (Å²) in [7, 11) is 3.86. The molecule has 0 radical (unpaired) electrons. The van der Waals surface area contributed by atoms with E-state index in [1.165, 1.54) is 22.7 Å². The van der Waals surface area contributed by atoms with Crippen molar-refractivity contribution in [1.82, 2.24) is 5.06 Å². The van der Waals surface area contributed by atoms with Crippen molar-refractivity contribution in [3.05, 3.63) is 23.3 Å². The Balaban J connectivity index is 2.08. The number of anilines is 1. The molecule has 4 heteroatoms. The minimum Gasteiger partial charge on any atom is -0.493 e. The maximum absolute atomic E-state index is 9.88. The molecule has 3 rings (SSSR count). The number of hydrogen-bond acceptors (Lipinski definition) is 4. The molecule has 0 aliphatic carbocycles. The summed E-state index contributed by atoms with van der Waals surface area (Å²) < 4.78 is 5.87. The zero-order valence-electron chi connectivity index (χ0n) is 11.7. The van der Waals surface area contributed by atoms with Crippen molar-refractivity contribution < 1.29 is 9.94 Å². The van der Waals surface area contributed by atoms with Crippen LogP contribution < -0.4 is 9.64 Å². The number of hydroxylamine groups is 2. The molecule has 4 nitrogen and oxygen atoms in total. The van der Waals surface area contributed by atoms with E-state index in [2.05, 4.69) is 24.1 Å². The average molecular weight is 262 g/mol. The van der Waals surface area contributed by atoms with Crippen molar-refractivity contribution in [2.45, 2.75) is 31.7 Å². The molecular formula is C15H22N2O2. The molecule has 1 aromatic rings. The Morgan fingerprint density at radius 3 is 3.00 bits per heavy atom. The van der Waals surface area contributed by atoms with Crippen LogP contribution in [0.4, 0.5) is 5.69 Å². The zero-order chi connectivity index (χ0) is 13.4. The van der Waals surface area contributed by atoms with Crippen LogP contribution in [0.3, 0.4) is 0 Å². The quantitative estimate of drug-likeness (QED) is 0.789. The van der Waals surface area contributed by atoms with Crippen LogP contribution in [0.15, 0.2) is 12.1 Å². The van der Waals surface area contributed by atoms with Crippen molar-refractivity contribution >= 4 is 5.69 Å². The molecule has 2 aliphatic heterocycles. The third-order valence-electron chi connectivity index (χ3n) is 4.25. The molecule has 2 heterocycles. The van der Waals surface area contributed by atoms with Gasteiger partial charge in [-0.1, -0.05) is 0 Å². The molecule has 1 N–H and O–H groups in total. The van der Waals surface area contributed by atoms with Crippen LogP contribution in [-0.2, 0) is 6.42 Å². The normalized spacial score (nSPS) is 22.5. The second-order valence-electron chi connectivity index (χ2n) is 5.62. The average Bonchev–Trinajstić information content (AvgIpc) is 2.59. The van der Waals surface area contributed by atoms with Gasteiger partial charge in [0.05, 0.1) is 12.6 Å². The van der Waals surface area contributed by atoms with Gasteiger partial charge in [-0.25, -0.2) is 0 Å². The van der Waals surface area contributed by atoms with E-state index in [9.17, 15) is 5.21 Å². The summed E-state index contributed by atoms with van der Waals surface area (Å²) in [4.78, 5) is 2.30. The first-order valence-electron chi connectivity index (χ1n) is 7.09. The van der Waals surface area contributed by atoms with Gasteiger partial charge in [0, 0.05) is 31.9 Å². The van der Waals surface area contributed by atoms with Gasteiger partial charge < -0.3 is 14.8 Å². The molecule has 0 aromatic heterocycles. The van der Waals surface area contributed by atoms with E-state index in [-0.39, 0.29) is 6.04 Å². The Hall–Kier alpha value is -1.26. The third kappa shape index (κ3) is 2.30. The molecule has 0 bridgehead atoms. The molecular weight excluding hydrogens is 240 g/mol. The first-order chi connectivity index (χ1) is 9.16. The number of benzene rings is 1. The predicted molar refractivity (Wildman–Crippen MR) is 75.1 cm³/mol. The summed E-state index contributed by atoms with van der Waals surface area (Å²) in [5.41, 5.74) is 3.78. The first kappa shape index (κ1) is 12.8. The zero-order valence-corrected chi connectivity index (χ0v) is 11.7. The van der Waals surface area contributed by atoms with E-state index in [1.54, 1.807) is 7.05 Å². The van der Waals surface area contributed by atoms with Gasteiger partial charge in [-0.05, 0) is 43.4 Å². The fourth-order valence-electron chi connectivity index (χ4n) is 3.20. The fourth-order valence-corrected chi connectivity index (χ4v) is 3.20. The molecule has 19 heavy (non-hydrogen) atoms. The number of fused-ring (bicyclic) bond motifs is 2. The number of ether oxygens (including phenoxy) is 1. The van der Waals surface area contributed by atoms with Gasteiger partial charge in [-0.3, -0.25) is 0 Å². The Kier molecular flexibility index (Phi) is 3.37. The molecule has 0 amide bonds. The van der Waals surface area contributed by atoms with Crippen LogP contribution in [0.5, 0.6) is 5.75 Å². The Labute approximate surface area is 114 Å². The second-order valence-corrected chi connectivity index (χ2v) is 5.62. The van der Waals surface area contributed by atoms with E-state index in [0.29, 0.717) is 0 Å². The van der Waals surface area contributed by atoms with Crippen molar-refractivity contribution in [1.29, 1.82) is 0 Å². The van der Waals surface area contributed by atoms with E-state index in [4.69, 9.17) is 4.74 Å². The standard InChI is InChI=1S/C15H22N2O2/c1-16-7-3-5-11-9-15-12(10-14(11)16)13(17(2)18)6-4-8-19-15/h9-10,13,18H,3-8H2,1-2H3.